The van der Waals surface area contributed by atoms with Gasteiger partial charge in [0.15, 0.2) is 0 Å². The number of likely N-dealkylation sites (N-methyl/N-ethyl adjacent to an activating group) is 1. The molecule has 2 aromatic carbocycles. The molecule has 1 aliphatic heterocycles. The maximum Gasteiger partial charge on any atom is 0.295 e. The Bertz CT molecular complexity index is 980. The van der Waals surface area contributed by atoms with Gasteiger partial charge in [0.1, 0.15) is 17.3 Å². The van der Waals surface area contributed by atoms with Crippen LogP contribution in [0.25, 0.3) is 5.76 Å². The fourth-order valence-electron chi connectivity index (χ4n) is 3.62. The molecule has 1 amide bonds. The van der Waals surface area contributed by atoms with Crippen molar-refractivity contribution in [3.8, 4) is 11.5 Å². The van der Waals surface area contributed by atoms with Gasteiger partial charge in [-0.2, -0.15) is 0 Å². The Kier molecular flexibility index (Phi) is 7.53. The Hall–Kier alpha value is -3.32. The molecule has 7 heteroatoms. The second-order valence-corrected chi connectivity index (χ2v) is 8.11. The summed E-state index contributed by atoms with van der Waals surface area (Å²) < 4.78 is 5.66. The minimum atomic E-state index is -0.740. The van der Waals surface area contributed by atoms with Crippen LogP contribution in [0.4, 0.5) is 0 Å². The first-order valence-corrected chi connectivity index (χ1v) is 10.8. The summed E-state index contributed by atoms with van der Waals surface area (Å²) in [6.45, 7) is 3.58. The van der Waals surface area contributed by atoms with Crippen molar-refractivity contribution in [3.05, 3.63) is 65.2 Å². The lowest BCUT2D eigenvalue weighted by molar-refractivity contribution is -0.140. The molecule has 1 atom stereocenters. The van der Waals surface area contributed by atoms with Gasteiger partial charge in [-0.3, -0.25) is 9.59 Å². The number of carbonyl (C=O) groups is 2. The summed E-state index contributed by atoms with van der Waals surface area (Å²) in [5.41, 5.74) is 1.11. The zero-order chi connectivity index (χ0) is 23.3. The maximum atomic E-state index is 13.0. The lowest BCUT2D eigenvalue weighted by Crippen LogP contribution is -2.35. The number of aliphatic hydroxyl groups excluding tert-OH is 1. The number of unbranched alkanes of at least 4 members (excludes halogenated alkanes) is 1. The van der Waals surface area contributed by atoms with Gasteiger partial charge >= 0.3 is 0 Å². The third-order valence-electron chi connectivity index (χ3n) is 5.43. The summed E-state index contributed by atoms with van der Waals surface area (Å²) in [5.74, 6) is -0.836. The highest BCUT2D eigenvalue weighted by Gasteiger charge is 2.45. The minimum absolute atomic E-state index is 0.0408. The molecule has 1 fully saturated rings. The summed E-state index contributed by atoms with van der Waals surface area (Å²) in [6.07, 6.45) is 1.98. The van der Waals surface area contributed by atoms with Crippen LogP contribution in [0.3, 0.4) is 0 Å². The van der Waals surface area contributed by atoms with E-state index in [-0.39, 0.29) is 17.1 Å². The largest absolute Gasteiger partial charge is 0.508 e. The van der Waals surface area contributed by atoms with E-state index in [4.69, 9.17) is 4.74 Å². The highest BCUT2D eigenvalue weighted by Crippen LogP contribution is 2.39. The zero-order valence-electron chi connectivity index (χ0n) is 18.7. The maximum absolute atomic E-state index is 13.0. The molecular formula is C25H30N2O5. The van der Waals surface area contributed by atoms with Gasteiger partial charge in [-0.25, -0.2) is 0 Å². The van der Waals surface area contributed by atoms with E-state index in [1.165, 1.54) is 17.0 Å². The summed E-state index contributed by atoms with van der Waals surface area (Å²) in [5, 5.41) is 20.7. The molecule has 0 aliphatic carbocycles. The molecule has 1 unspecified atom stereocenters. The van der Waals surface area contributed by atoms with Crippen LogP contribution < -0.4 is 4.74 Å². The van der Waals surface area contributed by atoms with E-state index >= 15 is 0 Å². The molecule has 1 aliphatic rings. The predicted octanol–water partition coefficient (Wildman–Crippen LogP) is 3.55. The third-order valence-corrected chi connectivity index (χ3v) is 5.43. The normalized spacial score (nSPS) is 17.9. The summed E-state index contributed by atoms with van der Waals surface area (Å²) in [6, 6.07) is 12.4. The van der Waals surface area contributed by atoms with Gasteiger partial charge in [0.25, 0.3) is 11.7 Å². The first kappa shape index (κ1) is 23.3. The van der Waals surface area contributed by atoms with Crippen molar-refractivity contribution in [2.45, 2.75) is 25.8 Å². The smallest absolute Gasteiger partial charge is 0.295 e. The number of ether oxygens (including phenoxy) is 1. The predicted molar refractivity (Wildman–Crippen MR) is 123 cm³/mol. The topological polar surface area (TPSA) is 90.3 Å². The van der Waals surface area contributed by atoms with Crippen LogP contribution in [0.5, 0.6) is 11.5 Å². The van der Waals surface area contributed by atoms with Crippen molar-refractivity contribution in [3.63, 3.8) is 0 Å². The molecule has 2 N–H and O–H groups in total. The van der Waals surface area contributed by atoms with Crippen LogP contribution in [-0.2, 0) is 9.59 Å². The van der Waals surface area contributed by atoms with Crippen molar-refractivity contribution in [2.24, 2.45) is 0 Å². The molecule has 7 nitrogen and oxygen atoms in total. The number of rotatable bonds is 9. The Balaban J connectivity index is 2.00. The van der Waals surface area contributed by atoms with Gasteiger partial charge < -0.3 is 24.7 Å². The number of hydrogen-bond acceptors (Lipinski definition) is 6. The van der Waals surface area contributed by atoms with Crippen molar-refractivity contribution in [1.82, 2.24) is 9.80 Å². The lowest BCUT2D eigenvalue weighted by atomic mass is 9.95. The van der Waals surface area contributed by atoms with Crippen molar-refractivity contribution >= 4 is 17.4 Å². The number of aliphatic hydroxyl groups is 1. The molecule has 0 bridgehead atoms. The fraction of sp³-hybridized carbons (Fsp3) is 0.360. The van der Waals surface area contributed by atoms with Crippen LogP contribution in [0.15, 0.2) is 54.1 Å². The van der Waals surface area contributed by atoms with Gasteiger partial charge in [0.2, 0.25) is 0 Å². The molecule has 1 saturated heterocycles. The first-order chi connectivity index (χ1) is 15.3. The average Bonchev–Trinajstić information content (AvgIpc) is 3.03. The monoisotopic (exact) mass is 438 g/mol. The number of benzene rings is 2. The van der Waals surface area contributed by atoms with Crippen molar-refractivity contribution < 1.29 is 24.5 Å². The number of ketones is 1. The minimum Gasteiger partial charge on any atom is -0.508 e. The van der Waals surface area contributed by atoms with E-state index in [1.54, 1.807) is 36.4 Å². The van der Waals surface area contributed by atoms with Gasteiger partial charge in [0, 0.05) is 18.7 Å². The Morgan fingerprint density at radius 3 is 2.31 bits per heavy atom. The molecule has 0 aromatic heterocycles. The van der Waals surface area contributed by atoms with E-state index in [0.717, 1.165) is 12.8 Å². The molecule has 2 aromatic rings. The molecular weight excluding hydrogens is 408 g/mol. The van der Waals surface area contributed by atoms with Gasteiger partial charge in [0.05, 0.1) is 18.2 Å². The van der Waals surface area contributed by atoms with Crippen LogP contribution in [-0.4, -0.2) is 65.5 Å². The number of amides is 1. The first-order valence-electron chi connectivity index (χ1n) is 10.8. The number of hydrogen-bond donors (Lipinski definition) is 2. The molecule has 3 rings (SSSR count). The Morgan fingerprint density at radius 1 is 1.06 bits per heavy atom. The Morgan fingerprint density at radius 2 is 1.72 bits per heavy atom. The summed E-state index contributed by atoms with van der Waals surface area (Å²) >= 11 is 0. The summed E-state index contributed by atoms with van der Waals surface area (Å²) in [4.78, 5) is 29.2. The van der Waals surface area contributed by atoms with Crippen LogP contribution >= 0.6 is 0 Å². The van der Waals surface area contributed by atoms with Crippen LogP contribution in [0.1, 0.15) is 36.9 Å². The Labute approximate surface area is 188 Å². The number of nitrogens with zero attached hydrogens (tertiary/aromatic N) is 2. The van der Waals surface area contributed by atoms with E-state index in [2.05, 4.69) is 6.92 Å². The number of Topliss-reactive ketones (excluding diaryl/α,β-unsaturated/α-hetero) is 1. The van der Waals surface area contributed by atoms with Gasteiger partial charge in [-0.15, -0.1) is 0 Å². The highest BCUT2D eigenvalue weighted by atomic mass is 16.5. The van der Waals surface area contributed by atoms with E-state index in [0.29, 0.717) is 36.6 Å². The second kappa shape index (κ2) is 10.3. The fourth-order valence-corrected chi connectivity index (χ4v) is 3.62. The SMILES string of the molecule is CCCCOc1ccc(/C(O)=C2\C(=O)C(=O)N(CCN(C)C)C2c2ccc(O)cc2)cc1. The number of aromatic hydroxyl groups is 1. The number of likely N-dealkylation sites (tertiary alicyclic amines) is 1. The number of phenols is 1. The molecule has 1 heterocycles. The molecule has 0 saturated carbocycles. The van der Waals surface area contributed by atoms with Gasteiger partial charge in [-0.1, -0.05) is 25.5 Å². The average molecular weight is 439 g/mol. The molecule has 32 heavy (non-hydrogen) atoms. The standard InChI is InChI=1S/C25H30N2O5/c1-4-5-16-32-20-12-8-18(9-13-20)23(29)21-22(17-6-10-19(28)11-7-17)27(15-14-26(2)3)25(31)24(21)30/h6-13,22,28-29H,4-5,14-16H2,1-3H3/b23-21+. The number of phenolic OH excluding ortho intramolecular Hbond substituents is 1. The second-order valence-electron chi connectivity index (χ2n) is 8.11. The van der Waals surface area contributed by atoms with Crippen LogP contribution in [0.2, 0.25) is 0 Å². The van der Waals surface area contributed by atoms with Crippen molar-refractivity contribution in [1.29, 1.82) is 0 Å². The van der Waals surface area contributed by atoms with E-state index in [1.807, 2.05) is 19.0 Å². The highest BCUT2D eigenvalue weighted by molar-refractivity contribution is 6.46. The molecule has 0 spiro atoms. The van der Waals surface area contributed by atoms with Crippen molar-refractivity contribution in [2.75, 3.05) is 33.8 Å². The number of carbonyl (C=O) groups excluding carboxylic acids is 2. The lowest BCUT2D eigenvalue weighted by Gasteiger charge is -2.26. The van der Waals surface area contributed by atoms with E-state index < -0.39 is 17.7 Å². The quantitative estimate of drug-likeness (QED) is 0.269. The van der Waals surface area contributed by atoms with E-state index in [9.17, 15) is 19.8 Å². The van der Waals surface area contributed by atoms with Gasteiger partial charge in [-0.05, 0) is 62.5 Å². The zero-order valence-corrected chi connectivity index (χ0v) is 18.7. The third kappa shape index (κ3) is 5.11. The molecule has 170 valence electrons. The van der Waals surface area contributed by atoms with Crippen LogP contribution in [0, 0.1) is 0 Å². The summed E-state index contributed by atoms with van der Waals surface area (Å²) in [7, 11) is 3.77. The molecule has 0 radical (unpaired) electrons.